The van der Waals surface area contributed by atoms with Crippen LogP contribution in [0.1, 0.15) is 76.3 Å². The minimum Gasteiger partial charge on any atom is -0.494 e. The van der Waals surface area contributed by atoms with Crippen LogP contribution in [0.25, 0.3) is 0 Å². The molecule has 0 amide bonds. The third kappa shape index (κ3) is 3.77. The van der Waals surface area contributed by atoms with Crippen LogP contribution in [0.4, 0.5) is 0 Å². The van der Waals surface area contributed by atoms with Gasteiger partial charge in [0.15, 0.2) is 0 Å². The Morgan fingerprint density at radius 2 is 1.86 bits per heavy atom. The van der Waals surface area contributed by atoms with E-state index in [1.54, 1.807) is 0 Å². The van der Waals surface area contributed by atoms with E-state index < -0.39 is 11.2 Å². The maximum atomic E-state index is 12.0. The highest BCUT2D eigenvalue weighted by Gasteiger charge is 2.22. The number of H-pyrrole nitrogens is 1. The van der Waals surface area contributed by atoms with Crippen molar-refractivity contribution >= 4 is 0 Å². The van der Waals surface area contributed by atoms with Crippen molar-refractivity contribution in [2.45, 2.75) is 77.2 Å². The van der Waals surface area contributed by atoms with Crippen LogP contribution in [0.15, 0.2) is 9.59 Å². The van der Waals surface area contributed by atoms with E-state index in [0.29, 0.717) is 12.0 Å². The van der Waals surface area contributed by atoms with Gasteiger partial charge in [-0.15, -0.1) is 0 Å². The highest BCUT2D eigenvalue weighted by Crippen LogP contribution is 2.30. The summed E-state index contributed by atoms with van der Waals surface area (Å²) in [6, 6.07) is 0.0255. The predicted molar refractivity (Wildman–Crippen MR) is 83.0 cm³/mol. The molecule has 2 N–H and O–H groups in total. The third-order valence-electron chi connectivity index (χ3n) is 4.43. The second kappa shape index (κ2) is 7.48. The Hall–Kier alpha value is -1.52. The van der Waals surface area contributed by atoms with Gasteiger partial charge in [-0.25, -0.2) is 4.79 Å². The van der Waals surface area contributed by atoms with Crippen molar-refractivity contribution < 1.29 is 5.11 Å². The minimum absolute atomic E-state index is 0.0255. The molecule has 5 heteroatoms. The molecule has 1 heterocycles. The van der Waals surface area contributed by atoms with Gasteiger partial charge < -0.3 is 5.11 Å². The van der Waals surface area contributed by atoms with Gasteiger partial charge in [0.1, 0.15) is 0 Å². The molecule has 0 aliphatic heterocycles. The normalized spacial score (nSPS) is 16.2. The maximum absolute atomic E-state index is 12.0. The van der Waals surface area contributed by atoms with Crippen molar-refractivity contribution in [2.75, 3.05) is 0 Å². The number of aromatic amines is 1. The molecule has 0 radical (unpaired) electrons. The number of nitrogens with zero attached hydrogens (tertiary/aromatic N) is 1. The molecule has 0 spiro atoms. The number of nitrogens with one attached hydrogen (secondary N) is 1. The molecule has 1 aromatic rings. The van der Waals surface area contributed by atoms with Gasteiger partial charge >= 0.3 is 5.69 Å². The summed E-state index contributed by atoms with van der Waals surface area (Å²) in [6.45, 7) is 2.13. The summed E-state index contributed by atoms with van der Waals surface area (Å²) >= 11 is 0. The van der Waals surface area contributed by atoms with E-state index in [4.69, 9.17) is 0 Å². The largest absolute Gasteiger partial charge is 0.494 e. The fourth-order valence-electron chi connectivity index (χ4n) is 3.21. The summed E-state index contributed by atoms with van der Waals surface area (Å²) in [5, 5.41) is 10.4. The SMILES string of the molecule is CCCCCCc1c(O)n(C2CCCCC2)c(=O)[nH]c1=O. The summed E-state index contributed by atoms with van der Waals surface area (Å²) in [6.07, 6.45) is 9.82. The van der Waals surface area contributed by atoms with Crippen LogP contribution in [-0.2, 0) is 6.42 Å². The lowest BCUT2D eigenvalue weighted by Gasteiger charge is -2.25. The smallest absolute Gasteiger partial charge is 0.331 e. The van der Waals surface area contributed by atoms with E-state index >= 15 is 0 Å². The molecule has 0 saturated heterocycles. The zero-order valence-corrected chi connectivity index (χ0v) is 12.9. The van der Waals surface area contributed by atoms with Gasteiger partial charge in [0.2, 0.25) is 5.88 Å². The molecule has 1 aliphatic carbocycles. The summed E-state index contributed by atoms with van der Waals surface area (Å²) < 4.78 is 1.41. The van der Waals surface area contributed by atoms with E-state index in [1.165, 1.54) is 11.0 Å². The number of hydrogen-bond donors (Lipinski definition) is 2. The average molecular weight is 294 g/mol. The highest BCUT2D eigenvalue weighted by molar-refractivity contribution is 5.23. The zero-order chi connectivity index (χ0) is 15.2. The number of hydrogen-bond acceptors (Lipinski definition) is 3. The first-order chi connectivity index (χ1) is 10.1. The first kappa shape index (κ1) is 15.9. The molecule has 1 aromatic heterocycles. The van der Waals surface area contributed by atoms with E-state index in [9.17, 15) is 14.7 Å². The van der Waals surface area contributed by atoms with Crippen molar-refractivity contribution in [1.29, 1.82) is 0 Å². The molecular formula is C16H26N2O3. The Morgan fingerprint density at radius 1 is 1.14 bits per heavy atom. The number of rotatable bonds is 6. The van der Waals surface area contributed by atoms with Crippen LogP contribution in [0.2, 0.25) is 0 Å². The molecule has 0 unspecified atom stereocenters. The Morgan fingerprint density at radius 3 is 2.52 bits per heavy atom. The van der Waals surface area contributed by atoms with E-state index in [0.717, 1.165) is 51.4 Å². The van der Waals surface area contributed by atoms with Gasteiger partial charge in [-0.2, -0.15) is 0 Å². The van der Waals surface area contributed by atoms with Gasteiger partial charge in [-0.3, -0.25) is 14.3 Å². The van der Waals surface area contributed by atoms with E-state index in [-0.39, 0.29) is 11.9 Å². The van der Waals surface area contributed by atoms with Crippen LogP contribution in [0.5, 0.6) is 5.88 Å². The summed E-state index contributed by atoms with van der Waals surface area (Å²) in [5.74, 6) is -0.104. The van der Waals surface area contributed by atoms with Crippen molar-refractivity contribution in [1.82, 2.24) is 9.55 Å². The second-order valence-electron chi connectivity index (χ2n) is 6.03. The molecule has 1 aliphatic rings. The van der Waals surface area contributed by atoms with Crippen LogP contribution >= 0.6 is 0 Å². The number of unbranched alkanes of at least 4 members (excludes halogenated alkanes) is 3. The van der Waals surface area contributed by atoms with Gasteiger partial charge in [-0.1, -0.05) is 45.4 Å². The van der Waals surface area contributed by atoms with Gasteiger partial charge in [0.05, 0.1) is 5.56 Å². The molecule has 0 atom stereocenters. The molecule has 0 aromatic carbocycles. The first-order valence-electron chi connectivity index (χ1n) is 8.21. The van der Waals surface area contributed by atoms with Crippen LogP contribution in [-0.4, -0.2) is 14.7 Å². The topological polar surface area (TPSA) is 75.1 Å². The minimum atomic E-state index is -0.471. The Balaban J connectivity index is 2.24. The van der Waals surface area contributed by atoms with Crippen molar-refractivity contribution in [3.05, 3.63) is 26.4 Å². The van der Waals surface area contributed by atoms with Crippen molar-refractivity contribution in [2.24, 2.45) is 0 Å². The van der Waals surface area contributed by atoms with Gasteiger partial charge in [0.25, 0.3) is 5.56 Å². The summed E-state index contributed by atoms with van der Waals surface area (Å²) in [5.41, 5.74) is -0.529. The monoisotopic (exact) mass is 294 g/mol. The first-order valence-corrected chi connectivity index (χ1v) is 8.21. The molecule has 1 fully saturated rings. The fraction of sp³-hybridized carbons (Fsp3) is 0.750. The maximum Gasteiger partial charge on any atom is 0.331 e. The van der Waals surface area contributed by atoms with E-state index in [1.807, 2.05) is 0 Å². The summed E-state index contributed by atoms with van der Waals surface area (Å²) in [7, 11) is 0. The van der Waals surface area contributed by atoms with Crippen LogP contribution < -0.4 is 11.2 Å². The lowest BCUT2D eigenvalue weighted by Crippen LogP contribution is -2.35. The predicted octanol–water partition coefficient (Wildman–Crippen LogP) is 2.87. The van der Waals surface area contributed by atoms with Crippen LogP contribution in [0.3, 0.4) is 0 Å². The van der Waals surface area contributed by atoms with Gasteiger partial charge in [0, 0.05) is 6.04 Å². The second-order valence-corrected chi connectivity index (χ2v) is 6.03. The van der Waals surface area contributed by atoms with Crippen molar-refractivity contribution in [3.63, 3.8) is 0 Å². The molecule has 21 heavy (non-hydrogen) atoms. The fourth-order valence-corrected chi connectivity index (χ4v) is 3.21. The third-order valence-corrected chi connectivity index (χ3v) is 4.43. The average Bonchev–Trinajstić information content (AvgIpc) is 2.47. The Labute approximate surface area is 125 Å². The lowest BCUT2D eigenvalue weighted by molar-refractivity contribution is 0.295. The molecule has 1 saturated carbocycles. The number of aromatic hydroxyl groups is 1. The molecule has 0 bridgehead atoms. The molecule has 2 rings (SSSR count). The number of aromatic nitrogens is 2. The standard InChI is InChI=1S/C16H26N2O3/c1-2-3-4-8-11-13-14(19)17-16(21)18(15(13)20)12-9-6-5-7-10-12/h12,20H,2-11H2,1H3,(H,17,19,21). The Kier molecular flexibility index (Phi) is 5.65. The van der Waals surface area contributed by atoms with Gasteiger partial charge in [-0.05, 0) is 25.7 Å². The van der Waals surface area contributed by atoms with Crippen LogP contribution in [0, 0.1) is 0 Å². The summed E-state index contributed by atoms with van der Waals surface area (Å²) in [4.78, 5) is 26.3. The lowest BCUT2D eigenvalue weighted by atomic mass is 9.95. The quantitative estimate of drug-likeness (QED) is 0.792. The highest BCUT2D eigenvalue weighted by atomic mass is 16.3. The molecule has 5 nitrogen and oxygen atoms in total. The van der Waals surface area contributed by atoms with E-state index in [2.05, 4.69) is 11.9 Å². The van der Waals surface area contributed by atoms with Crippen molar-refractivity contribution in [3.8, 4) is 5.88 Å². The zero-order valence-electron chi connectivity index (χ0n) is 12.9. The molecule has 118 valence electrons. The Bertz CT molecular complexity index is 568. The molecular weight excluding hydrogens is 268 g/mol.